The number of carbonyl (C=O) groups is 1. The maximum Gasteiger partial charge on any atom is 0.256 e. The van der Waals surface area contributed by atoms with E-state index in [1.165, 1.54) is 0 Å². The van der Waals surface area contributed by atoms with Crippen molar-refractivity contribution in [3.8, 4) is 0 Å². The summed E-state index contributed by atoms with van der Waals surface area (Å²) in [5, 5.41) is 4.90. The lowest BCUT2D eigenvalue weighted by Gasteiger charge is -2.30. The number of hydrogen-bond acceptors (Lipinski definition) is 4. The lowest BCUT2D eigenvalue weighted by Crippen LogP contribution is -2.36. The Kier molecular flexibility index (Phi) is 4.77. The summed E-state index contributed by atoms with van der Waals surface area (Å²) >= 11 is 3.80. The second-order valence-corrected chi connectivity index (χ2v) is 7.52. The van der Waals surface area contributed by atoms with Gasteiger partial charge in [-0.2, -0.15) is 0 Å². The van der Waals surface area contributed by atoms with Gasteiger partial charge in [-0.15, -0.1) is 11.3 Å². The molecule has 1 N–H and O–H groups in total. The number of anilines is 2. The largest absolute Gasteiger partial charge is 0.378 e. The highest BCUT2D eigenvalue weighted by molar-refractivity contribution is 14.1. The van der Waals surface area contributed by atoms with Crippen LogP contribution in [0.5, 0.6) is 0 Å². The first-order chi connectivity index (χ1) is 10.2. The number of nitrogens with zero attached hydrogens (tertiary/aromatic N) is 1. The topological polar surface area (TPSA) is 41.6 Å². The lowest BCUT2D eigenvalue weighted by atomic mass is 10.2. The normalized spacial score (nSPS) is 15.0. The molecule has 6 heteroatoms. The molecule has 1 aromatic carbocycles. The van der Waals surface area contributed by atoms with Crippen LogP contribution < -0.4 is 10.2 Å². The molecule has 0 unspecified atom stereocenters. The van der Waals surface area contributed by atoms with E-state index in [9.17, 15) is 4.79 Å². The van der Waals surface area contributed by atoms with Crippen molar-refractivity contribution in [1.82, 2.24) is 0 Å². The Labute approximate surface area is 141 Å². The maximum absolute atomic E-state index is 12.3. The molecule has 1 aliphatic rings. The van der Waals surface area contributed by atoms with Gasteiger partial charge in [0.15, 0.2) is 0 Å². The first-order valence-electron chi connectivity index (χ1n) is 6.71. The number of nitrogens with one attached hydrogen (secondary N) is 1. The fourth-order valence-corrected chi connectivity index (χ4v) is 3.61. The Hall–Kier alpha value is -1.12. The number of amides is 1. The third-order valence-electron chi connectivity index (χ3n) is 3.33. The van der Waals surface area contributed by atoms with Gasteiger partial charge in [-0.1, -0.05) is 12.1 Å². The van der Waals surface area contributed by atoms with Crippen LogP contribution in [0.1, 0.15) is 10.4 Å². The van der Waals surface area contributed by atoms with Gasteiger partial charge in [-0.05, 0) is 40.8 Å². The summed E-state index contributed by atoms with van der Waals surface area (Å²) in [5.74, 6) is -0.0603. The van der Waals surface area contributed by atoms with Crippen molar-refractivity contribution in [3.05, 3.63) is 44.2 Å². The molecule has 2 heterocycles. The van der Waals surface area contributed by atoms with Gasteiger partial charge in [0.25, 0.3) is 5.91 Å². The number of ether oxygens (including phenoxy) is 1. The van der Waals surface area contributed by atoms with Gasteiger partial charge in [0.05, 0.1) is 33.0 Å². The minimum absolute atomic E-state index is 0.0603. The van der Waals surface area contributed by atoms with Crippen LogP contribution in [0.25, 0.3) is 0 Å². The van der Waals surface area contributed by atoms with E-state index in [2.05, 4.69) is 32.8 Å². The smallest absolute Gasteiger partial charge is 0.256 e. The molecule has 0 saturated carbocycles. The first kappa shape index (κ1) is 14.8. The third-order valence-corrected chi connectivity index (χ3v) is 5.12. The number of hydrogen-bond donors (Lipinski definition) is 1. The Morgan fingerprint density at radius 1 is 1.29 bits per heavy atom. The molecule has 1 aromatic heterocycles. The molecule has 0 aliphatic carbocycles. The summed E-state index contributed by atoms with van der Waals surface area (Å²) in [6.07, 6.45) is 0. The summed E-state index contributed by atoms with van der Waals surface area (Å²) in [6.45, 7) is 3.16. The lowest BCUT2D eigenvalue weighted by molar-refractivity contribution is 0.102. The van der Waals surface area contributed by atoms with Crippen molar-refractivity contribution in [2.24, 2.45) is 0 Å². The van der Waals surface area contributed by atoms with E-state index in [1.54, 1.807) is 11.3 Å². The van der Waals surface area contributed by atoms with Crippen LogP contribution in [0.15, 0.2) is 35.7 Å². The van der Waals surface area contributed by atoms with Crippen LogP contribution in [0.3, 0.4) is 0 Å². The molecular weight excluding hydrogens is 399 g/mol. The van der Waals surface area contributed by atoms with Gasteiger partial charge in [0.1, 0.15) is 0 Å². The van der Waals surface area contributed by atoms with Crippen LogP contribution in [0.2, 0.25) is 0 Å². The molecule has 3 rings (SSSR count). The standard InChI is InChI=1S/C15H15IN2O2S/c16-14-9-11(10-21-14)15(19)17-12-3-1-2-4-13(12)18-5-7-20-8-6-18/h1-4,9-10H,5-8H2,(H,17,19). The molecule has 0 atom stereocenters. The van der Waals surface area contributed by atoms with Crippen molar-refractivity contribution in [3.63, 3.8) is 0 Å². The van der Waals surface area contributed by atoms with Crippen molar-refractivity contribution in [1.29, 1.82) is 0 Å². The Balaban J connectivity index is 1.80. The number of morpholine rings is 1. The van der Waals surface area contributed by atoms with Crippen LogP contribution in [-0.4, -0.2) is 32.2 Å². The highest BCUT2D eigenvalue weighted by Crippen LogP contribution is 2.27. The minimum Gasteiger partial charge on any atom is -0.378 e. The third kappa shape index (κ3) is 3.56. The molecule has 110 valence electrons. The zero-order valence-corrected chi connectivity index (χ0v) is 14.3. The van der Waals surface area contributed by atoms with Gasteiger partial charge in [0, 0.05) is 18.5 Å². The van der Waals surface area contributed by atoms with Crippen LogP contribution in [0, 0.1) is 2.88 Å². The van der Waals surface area contributed by atoms with Crippen LogP contribution in [-0.2, 0) is 4.74 Å². The number of para-hydroxylation sites is 2. The molecule has 1 saturated heterocycles. The molecule has 1 fully saturated rings. The Morgan fingerprint density at radius 3 is 2.76 bits per heavy atom. The maximum atomic E-state index is 12.3. The van der Waals surface area contributed by atoms with E-state index in [-0.39, 0.29) is 5.91 Å². The SMILES string of the molecule is O=C(Nc1ccccc1N1CCOCC1)c1csc(I)c1. The summed E-state index contributed by atoms with van der Waals surface area (Å²) < 4.78 is 6.50. The summed E-state index contributed by atoms with van der Waals surface area (Å²) in [7, 11) is 0. The number of carbonyl (C=O) groups excluding carboxylic acids is 1. The molecule has 2 aromatic rings. The van der Waals surface area contributed by atoms with Gasteiger partial charge in [-0.3, -0.25) is 4.79 Å². The fraction of sp³-hybridized carbons (Fsp3) is 0.267. The molecular formula is C15H15IN2O2S. The van der Waals surface area contributed by atoms with Gasteiger partial charge < -0.3 is 15.0 Å². The number of halogens is 1. The molecule has 21 heavy (non-hydrogen) atoms. The second kappa shape index (κ2) is 6.76. The predicted molar refractivity (Wildman–Crippen MR) is 94.5 cm³/mol. The first-order valence-corrected chi connectivity index (χ1v) is 8.67. The van der Waals surface area contributed by atoms with Gasteiger partial charge in [0.2, 0.25) is 0 Å². The van der Waals surface area contributed by atoms with Gasteiger partial charge >= 0.3 is 0 Å². The van der Waals surface area contributed by atoms with Crippen molar-refractivity contribution in [2.75, 3.05) is 36.5 Å². The van der Waals surface area contributed by atoms with E-state index >= 15 is 0 Å². The van der Waals surface area contributed by atoms with E-state index in [1.807, 2.05) is 35.7 Å². The molecule has 1 aliphatic heterocycles. The Morgan fingerprint density at radius 2 is 2.05 bits per heavy atom. The predicted octanol–water partition coefficient (Wildman–Crippen LogP) is 3.44. The highest BCUT2D eigenvalue weighted by atomic mass is 127. The van der Waals surface area contributed by atoms with Crippen LogP contribution in [0.4, 0.5) is 11.4 Å². The van der Waals surface area contributed by atoms with Crippen LogP contribution >= 0.6 is 33.9 Å². The van der Waals surface area contributed by atoms with Gasteiger partial charge in [-0.25, -0.2) is 0 Å². The highest BCUT2D eigenvalue weighted by Gasteiger charge is 2.16. The van der Waals surface area contributed by atoms with Crippen molar-refractivity contribution < 1.29 is 9.53 Å². The monoisotopic (exact) mass is 414 g/mol. The van der Waals surface area contributed by atoms with Crippen molar-refractivity contribution >= 4 is 51.2 Å². The summed E-state index contributed by atoms with van der Waals surface area (Å²) in [5.41, 5.74) is 2.62. The zero-order valence-electron chi connectivity index (χ0n) is 11.3. The van der Waals surface area contributed by atoms with E-state index in [0.29, 0.717) is 5.56 Å². The van der Waals surface area contributed by atoms with E-state index in [4.69, 9.17) is 4.74 Å². The molecule has 0 spiro atoms. The quantitative estimate of drug-likeness (QED) is 0.783. The minimum atomic E-state index is -0.0603. The number of thiophene rings is 1. The van der Waals surface area contributed by atoms with E-state index < -0.39 is 0 Å². The molecule has 0 bridgehead atoms. The summed E-state index contributed by atoms with van der Waals surface area (Å²) in [6, 6.07) is 9.82. The zero-order chi connectivity index (χ0) is 14.7. The number of rotatable bonds is 3. The molecule has 0 radical (unpaired) electrons. The van der Waals surface area contributed by atoms with E-state index in [0.717, 1.165) is 40.6 Å². The summed E-state index contributed by atoms with van der Waals surface area (Å²) in [4.78, 5) is 14.6. The molecule has 1 amide bonds. The molecule has 4 nitrogen and oxygen atoms in total. The average molecular weight is 414 g/mol. The average Bonchev–Trinajstić information content (AvgIpc) is 2.95. The number of benzene rings is 1. The second-order valence-electron chi connectivity index (χ2n) is 4.71. The van der Waals surface area contributed by atoms with Crippen molar-refractivity contribution in [2.45, 2.75) is 0 Å². The Bertz CT molecular complexity index is 638. The fourth-order valence-electron chi connectivity index (χ4n) is 2.28.